The van der Waals surface area contributed by atoms with E-state index in [1.54, 1.807) is 6.92 Å². The standard InChI is InChI=1S/C7H15BrN2O3S/c1-2-10-14(12,13)6-5-9-7(11)3-4-8/h10H,2-6H2,1H3,(H,9,11). The van der Waals surface area contributed by atoms with E-state index in [1.165, 1.54) is 0 Å². The molecule has 0 aliphatic rings. The molecule has 2 N–H and O–H groups in total. The summed E-state index contributed by atoms with van der Waals surface area (Å²) in [7, 11) is -3.22. The maximum atomic E-state index is 11.1. The Morgan fingerprint density at radius 3 is 2.57 bits per heavy atom. The van der Waals surface area contributed by atoms with Gasteiger partial charge in [-0.05, 0) is 0 Å². The quantitative estimate of drug-likeness (QED) is 0.638. The number of sulfonamides is 1. The van der Waals surface area contributed by atoms with Crippen molar-refractivity contribution in [2.75, 3.05) is 24.2 Å². The van der Waals surface area contributed by atoms with Crippen LogP contribution in [0.15, 0.2) is 0 Å². The molecule has 0 atom stereocenters. The minimum atomic E-state index is -3.22. The molecule has 0 rings (SSSR count). The number of alkyl halides is 1. The summed E-state index contributed by atoms with van der Waals surface area (Å²) in [6, 6.07) is 0. The fourth-order valence-electron chi connectivity index (χ4n) is 0.791. The summed E-state index contributed by atoms with van der Waals surface area (Å²) >= 11 is 3.11. The van der Waals surface area contributed by atoms with Crippen LogP contribution in [-0.4, -0.2) is 38.5 Å². The molecule has 0 fully saturated rings. The Kier molecular flexibility index (Phi) is 7.12. The van der Waals surface area contributed by atoms with Crippen LogP contribution < -0.4 is 10.0 Å². The molecule has 1 amide bonds. The van der Waals surface area contributed by atoms with Gasteiger partial charge in [0.2, 0.25) is 15.9 Å². The average Bonchev–Trinajstić information content (AvgIpc) is 2.03. The predicted octanol–water partition coefficient (Wildman–Crippen LogP) is -0.173. The monoisotopic (exact) mass is 286 g/mol. The molecule has 0 aromatic heterocycles. The van der Waals surface area contributed by atoms with Crippen molar-refractivity contribution in [1.82, 2.24) is 10.0 Å². The zero-order chi connectivity index (χ0) is 11.0. The lowest BCUT2D eigenvalue weighted by Crippen LogP contribution is -2.34. The van der Waals surface area contributed by atoms with Gasteiger partial charge in [0.05, 0.1) is 5.75 Å². The maximum absolute atomic E-state index is 11.1. The first-order chi connectivity index (χ1) is 6.52. The van der Waals surface area contributed by atoms with Crippen molar-refractivity contribution in [3.05, 3.63) is 0 Å². The number of nitrogens with one attached hydrogen (secondary N) is 2. The molecule has 0 bridgehead atoms. The van der Waals surface area contributed by atoms with Crippen LogP contribution in [0.5, 0.6) is 0 Å². The van der Waals surface area contributed by atoms with Gasteiger partial charge in [-0.1, -0.05) is 22.9 Å². The molecular weight excluding hydrogens is 272 g/mol. The van der Waals surface area contributed by atoms with Gasteiger partial charge in [-0.2, -0.15) is 0 Å². The van der Waals surface area contributed by atoms with E-state index in [-0.39, 0.29) is 18.2 Å². The van der Waals surface area contributed by atoms with Crippen molar-refractivity contribution in [2.45, 2.75) is 13.3 Å². The van der Waals surface area contributed by atoms with E-state index < -0.39 is 10.0 Å². The van der Waals surface area contributed by atoms with E-state index in [0.717, 1.165) is 0 Å². The highest BCUT2D eigenvalue weighted by Gasteiger charge is 2.08. The van der Waals surface area contributed by atoms with Gasteiger partial charge in [0, 0.05) is 24.8 Å². The van der Waals surface area contributed by atoms with Crippen LogP contribution in [0.25, 0.3) is 0 Å². The summed E-state index contributed by atoms with van der Waals surface area (Å²) in [5.74, 6) is -0.219. The number of carbonyl (C=O) groups is 1. The molecule has 0 unspecified atom stereocenters. The molecule has 0 radical (unpaired) electrons. The van der Waals surface area contributed by atoms with Gasteiger partial charge in [0.15, 0.2) is 0 Å². The largest absolute Gasteiger partial charge is 0.355 e. The van der Waals surface area contributed by atoms with Crippen molar-refractivity contribution in [3.8, 4) is 0 Å². The molecule has 0 aliphatic heterocycles. The van der Waals surface area contributed by atoms with E-state index in [4.69, 9.17) is 0 Å². The summed E-state index contributed by atoms with van der Waals surface area (Å²) in [6.07, 6.45) is 0.362. The lowest BCUT2D eigenvalue weighted by atomic mass is 10.4. The zero-order valence-electron chi connectivity index (χ0n) is 8.05. The Labute approximate surface area is 92.8 Å². The Morgan fingerprint density at radius 2 is 2.07 bits per heavy atom. The third kappa shape index (κ3) is 7.28. The molecule has 0 saturated carbocycles. The first-order valence-electron chi connectivity index (χ1n) is 4.32. The Hall–Kier alpha value is -0.140. The number of hydrogen-bond donors (Lipinski definition) is 2. The molecule has 0 aromatic rings. The summed E-state index contributed by atoms with van der Waals surface area (Å²) in [5, 5.41) is 3.09. The smallest absolute Gasteiger partial charge is 0.220 e. The average molecular weight is 287 g/mol. The number of halogens is 1. The Balaban J connectivity index is 3.68. The van der Waals surface area contributed by atoms with Gasteiger partial charge < -0.3 is 5.32 Å². The fraction of sp³-hybridized carbons (Fsp3) is 0.857. The molecule has 84 valence electrons. The van der Waals surface area contributed by atoms with Gasteiger partial charge >= 0.3 is 0 Å². The number of carbonyl (C=O) groups excluding carboxylic acids is 1. The normalized spacial score (nSPS) is 11.3. The van der Waals surface area contributed by atoms with Crippen LogP contribution >= 0.6 is 15.9 Å². The second kappa shape index (κ2) is 7.19. The molecule has 0 spiro atoms. The summed E-state index contributed by atoms with van der Waals surface area (Å²) in [6.45, 7) is 2.24. The van der Waals surface area contributed by atoms with Crippen molar-refractivity contribution in [2.24, 2.45) is 0 Å². The Bertz CT molecular complexity index is 266. The van der Waals surface area contributed by atoms with E-state index in [1.807, 2.05) is 0 Å². The molecule has 0 aliphatic carbocycles. The topological polar surface area (TPSA) is 75.3 Å². The van der Waals surface area contributed by atoms with Gasteiger partial charge in [-0.15, -0.1) is 0 Å². The van der Waals surface area contributed by atoms with Crippen LogP contribution in [0.3, 0.4) is 0 Å². The summed E-state index contributed by atoms with van der Waals surface area (Å²) in [5.41, 5.74) is 0. The number of rotatable bonds is 7. The predicted molar refractivity (Wildman–Crippen MR) is 58.9 cm³/mol. The van der Waals surface area contributed by atoms with Crippen molar-refractivity contribution in [1.29, 1.82) is 0 Å². The molecule has 0 saturated heterocycles. The summed E-state index contributed by atoms with van der Waals surface area (Å²) in [4.78, 5) is 10.9. The lowest BCUT2D eigenvalue weighted by molar-refractivity contribution is -0.120. The van der Waals surface area contributed by atoms with Crippen molar-refractivity contribution >= 4 is 31.9 Å². The summed E-state index contributed by atoms with van der Waals surface area (Å²) < 4.78 is 24.5. The van der Waals surface area contributed by atoms with Gasteiger partial charge in [0.1, 0.15) is 0 Å². The van der Waals surface area contributed by atoms with Gasteiger partial charge in [0.25, 0.3) is 0 Å². The number of amides is 1. The van der Waals surface area contributed by atoms with Crippen LogP contribution in [0.2, 0.25) is 0 Å². The van der Waals surface area contributed by atoms with Crippen LogP contribution in [0.1, 0.15) is 13.3 Å². The van der Waals surface area contributed by atoms with E-state index >= 15 is 0 Å². The van der Waals surface area contributed by atoms with Crippen molar-refractivity contribution in [3.63, 3.8) is 0 Å². The molecule has 7 heteroatoms. The molecule has 0 aromatic carbocycles. The first-order valence-corrected chi connectivity index (χ1v) is 7.09. The second-order valence-electron chi connectivity index (χ2n) is 2.61. The van der Waals surface area contributed by atoms with Crippen LogP contribution in [-0.2, 0) is 14.8 Å². The third-order valence-electron chi connectivity index (χ3n) is 1.38. The third-order valence-corrected chi connectivity index (χ3v) is 3.25. The lowest BCUT2D eigenvalue weighted by Gasteiger charge is -2.05. The highest BCUT2D eigenvalue weighted by molar-refractivity contribution is 9.09. The first kappa shape index (κ1) is 13.9. The van der Waals surface area contributed by atoms with E-state index in [0.29, 0.717) is 18.3 Å². The maximum Gasteiger partial charge on any atom is 0.220 e. The molecule has 5 nitrogen and oxygen atoms in total. The fourth-order valence-corrected chi connectivity index (χ4v) is 2.11. The molecular formula is C7H15BrN2O3S. The minimum absolute atomic E-state index is 0.0745. The Morgan fingerprint density at radius 1 is 1.43 bits per heavy atom. The van der Waals surface area contributed by atoms with Gasteiger partial charge in [-0.25, -0.2) is 13.1 Å². The van der Waals surface area contributed by atoms with Crippen molar-refractivity contribution < 1.29 is 13.2 Å². The minimum Gasteiger partial charge on any atom is -0.355 e. The highest BCUT2D eigenvalue weighted by Crippen LogP contribution is 1.87. The van der Waals surface area contributed by atoms with E-state index in [9.17, 15) is 13.2 Å². The SMILES string of the molecule is CCNS(=O)(=O)CCNC(=O)CCBr. The molecule has 14 heavy (non-hydrogen) atoms. The van der Waals surface area contributed by atoms with E-state index in [2.05, 4.69) is 26.0 Å². The zero-order valence-corrected chi connectivity index (χ0v) is 10.4. The highest BCUT2D eigenvalue weighted by atomic mass is 79.9. The van der Waals surface area contributed by atoms with Crippen LogP contribution in [0, 0.1) is 0 Å². The molecule has 0 heterocycles. The second-order valence-corrected chi connectivity index (χ2v) is 5.33. The number of hydrogen-bond acceptors (Lipinski definition) is 3. The van der Waals surface area contributed by atoms with Gasteiger partial charge in [-0.3, -0.25) is 4.79 Å². The van der Waals surface area contributed by atoms with Crippen LogP contribution in [0.4, 0.5) is 0 Å².